The molecule has 3 rings (SSSR count). The van der Waals surface area contributed by atoms with Crippen molar-refractivity contribution >= 4 is 11.7 Å². The number of ketones is 1. The largest absolute Gasteiger partial charge is 0.343 e. The average molecular weight is 263 g/mol. The quantitative estimate of drug-likeness (QED) is 0.768. The van der Waals surface area contributed by atoms with E-state index in [1.54, 1.807) is 0 Å². The van der Waals surface area contributed by atoms with Crippen molar-refractivity contribution in [1.29, 1.82) is 0 Å². The van der Waals surface area contributed by atoms with Crippen LogP contribution in [-0.4, -0.2) is 29.7 Å². The molecule has 0 aromatic rings. The van der Waals surface area contributed by atoms with Gasteiger partial charge in [-0.25, -0.2) is 0 Å². The van der Waals surface area contributed by atoms with Crippen LogP contribution in [-0.2, 0) is 9.59 Å². The summed E-state index contributed by atoms with van der Waals surface area (Å²) >= 11 is 0. The number of Topliss-reactive ketones (excluding diaryl/α,β-unsaturated/α-hetero) is 1. The summed E-state index contributed by atoms with van der Waals surface area (Å²) in [5, 5.41) is 0. The van der Waals surface area contributed by atoms with E-state index in [0.29, 0.717) is 17.7 Å². The van der Waals surface area contributed by atoms with Crippen LogP contribution in [0, 0.1) is 17.8 Å². The molecule has 0 heterocycles. The summed E-state index contributed by atoms with van der Waals surface area (Å²) in [4.78, 5) is 26.7. The molecular formula is C16H25NO2. The van der Waals surface area contributed by atoms with E-state index in [0.717, 1.165) is 25.7 Å². The first-order valence-electron chi connectivity index (χ1n) is 7.97. The Morgan fingerprint density at radius 2 is 1.58 bits per heavy atom. The lowest BCUT2D eigenvalue weighted by Crippen LogP contribution is -2.45. The van der Waals surface area contributed by atoms with Crippen LogP contribution in [0.3, 0.4) is 0 Å². The summed E-state index contributed by atoms with van der Waals surface area (Å²) in [5.41, 5.74) is 0. The SMILES string of the molecule is CN(C(=O)C1C[C@H]2CCC[C@@H](C1)C2=O)C1CCCC1. The number of amides is 1. The molecule has 0 aromatic carbocycles. The third kappa shape index (κ3) is 2.44. The van der Waals surface area contributed by atoms with Crippen molar-refractivity contribution in [1.82, 2.24) is 4.90 Å². The minimum atomic E-state index is 0.124. The van der Waals surface area contributed by atoms with E-state index >= 15 is 0 Å². The normalized spacial score (nSPS) is 35.4. The van der Waals surface area contributed by atoms with Gasteiger partial charge in [-0.3, -0.25) is 9.59 Å². The second-order valence-electron chi connectivity index (χ2n) is 6.78. The molecule has 3 fully saturated rings. The highest BCUT2D eigenvalue weighted by atomic mass is 16.2. The molecule has 2 bridgehead atoms. The number of carbonyl (C=O) groups excluding carboxylic acids is 2. The summed E-state index contributed by atoms with van der Waals surface area (Å²) in [7, 11) is 1.98. The average Bonchev–Trinajstić information content (AvgIpc) is 2.90. The van der Waals surface area contributed by atoms with Gasteiger partial charge in [0.2, 0.25) is 5.91 Å². The van der Waals surface area contributed by atoms with Crippen LogP contribution in [0.25, 0.3) is 0 Å². The third-order valence-electron chi connectivity index (χ3n) is 5.62. The zero-order valence-corrected chi connectivity index (χ0v) is 11.9. The van der Waals surface area contributed by atoms with Crippen LogP contribution < -0.4 is 0 Å². The fraction of sp³-hybridized carbons (Fsp3) is 0.875. The van der Waals surface area contributed by atoms with E-state index in [2.05, 4.69) is 0 Å². The molecule has 3 heteroatoms. The van der Waals surface area contributed by atoms with Crippen LogP contribution in [0.2, 0.25) is 0 Å². The fourth-order valence-electron chi connectivity index (χ4n) is 4.44. The molecule has 1 amide bonds. The van der Waals surface area contributed by atoms with Gasteiger partial charge in [0.25, 0.3) is 0 Å². The molecule has 0 radical (unpaired) electrons. The molecule has 0 spiro atoms. The summed E-state index contributed by atoms with van der Waals surface area (Å²) in [6.45, 7) is 0. The van der Waals surface area contributed by atoms with Crippen LogP contribution >= 0.6 is 0 Å². The predicted octanol–water partition coefficient (Wildman–Crippen LogP) is 2.78. The number of nitrogens with zero attached hydrogens (tertiary/aromatic N) is 1. The number of fused-ring (bicyclic) bond motifs is 2. The Morgan fingerprint density at radius 3 is 2.16 bits per heavy atom. The summed E-state index contributed by atoms with van der Waals surface area (Å²) in [5.74, 6) is 1.28. The van der Waals surface area contributed by atoms with E-state index in [4.69, 9.17) is 0 Å². The minimum Gasteiger partial charge on any atom is -0.343 e. The van der Waals surface area contributed by atoms with Gasteiger partial charge >= 0.3 is 0 Å². The first-order chi connectivity index (χ1) is 9.16. The zero-order chi connectivity index (χ0) is 13.4. The summed E-state index contributed by atoms with van der Waals surface area (Å²) < 4.78 is 0. The van der Waals surface area contributed by atoms with Gasteiger partial charge in [0, 0.05) is 30.8 Å². The lowest BCUT2D eigenvalue weighted by molar-refractivity contribution is -0.143. The maximum atomic E-state index is 12.6. The van der Waals surface area contributed by atoms with Crippen LogP contribution in [0.4, 0.5) is 0 Å². The molecule has 3 atom stereocenters. The first-order valence-corrected chi connectivity index (χ1v) is 7.97. The number of carbonyl (C=O) groups is 2. The Hall–Kier alpha value is -0.860. The number of hydrogen-bond acceptors (Lipinski definition) is 2. The molecule has 106 valence electrons. The van der Waals surface area contributed by atoms with Gasteiger partial charge in [-0.1, -0.05) is 19.3 Å². The van der Waals surface area contributed by atoms with Crippen molar-refractivity contribution in [3.05, 3.63) is 0 Å². The van der Waals surface area contributed by atoms with Crippen molar-refractivity contribution in [2.24, 2.45) is 17.8 Å². The van der Waals surface area contributed by atoms with E-state index in [9.17, 15) is 9.59 Å². The lowest BCUT2D eigenvalue weighted by Gasteiger charge is -2.39. The zero-order valence-electron chi connectivity index (χ0n) is 11.9. The van der Waals surface area contributed by atoms with E-state index in [1.165, 1.54) is 32.1 Å². The van der Waals surface area contributed by atoms with Gasteiger partial charge in [-0.15, -0.1) is 0 Å². The molecule has 3 aliphatic carbocycles. The maximum absolute atomic E-state index is 12.6. The number of rotatable bonds is 2. The topological polar surface area (TPSA) is 37.4 Å². The Bertz CT molecular complexity index is 357. The highest BCUT2D eigenvalue weighted by Crippen LogP contribution is 2.41. The van der Waals surface area contributed by atoms with Crippen molar-refractivity contribution in [2.75, 3.05) is 7.05 Å². The molecular weight excluding hydrogens is 238 g/mol. The second-order valence-corrected chi connectivity index (χ2v) is 6.78. The monoisotopic (exact) mass is 263 g/mol. The van der Waals surface area contributed by atoms with E-state index in [1.807, 2.05) is 11.9 Å². The van der Waals surface area contributed by atoms with Crippen molar-refractivity contribution < 1.29 is 9.59 Å². The summed E-state index contributed by atoms with van der Waals surface area (Å²) in [6, 6.07) is 0.463. The van der Waals surface area contributed by atoms with Gasteiger partial charge in [0.15, 0.2) is 0 Å². The van der Waals surface area contributed by atoms with Gasteiger partial charge in [0.1, 0.15) is 5.78 Å². The molecule has 3 saturated carbocycles. The van der Waals surface area contributed by atoms with Crippen molar-refractivity contribution in [2.45, 2.75) is 63.8 Å². The highest BCUT2D eigenvalue weighted by Gasteiger charge is 2.42. The molecule has 0 N–H and O–H groups in total. The standard InChI is InChI=1S/C16H25NO2/c1-17(14-7-2-3-8-14)16(19)13-9-11-5-4-6-12(10-13)15(11)18/h11-14H,2-10H2,1H3/t11-,12+,13?. The maximum Gasteiger partial charge on any atom is 0.225 e. The Kier molecular flexibility index (Phi) is 3.64. The molecule has 0 aliphatic heterocycles. The van der Waals surface area contributed by atoms with Gasteiger partial charge < -0.3 is 4.90 Å². The summed E-state index contributed by atoms with van der Waals surface area (Å²) in [6.07, 6.45) is 9.73. The Labute approximate surface area is 115 Å². The van der Waals surface area contributed by atoms with Crippen molar-refractivity contribution in [3.63, 3.8) is 0 Å². The highest BCUT2D eigenvalue weighted by molar-refractivity contribution is 5.88. The Morgan fingerprint density at radius 1 is 1.00 bits per heavy atom. The molecule has 0 saturated heterocycles. The lowest BCUT2D eigenvalue weighted by atomic mass is 9.67. The minimum absolute atomic E-state index is 0.124. The van der Waals surface area contributed by atoms with Crippen LogP contribution in [0.1, 0.15) is 57.8 Å². The second kappa shape index (κ2) is 5.26. The van der Waals surface area contributed by atoms with Crippen molar-refractivity contribution in [3.8, 4) is 0 Å². The molecule has 19 heavy (non-hydrogen) atoms. The first kappa shape index (κ1) is 13.1. The van der Waals surface area contributed by atoms with E-state index in [-0.39, 0.29) is 17.8 Å². The predicted molar refractivity (Wildman–Crippen MR) is 73.6 cm³/mol. The van der Waals surface area contributed by atoms with Gasteiger partial charge in [-0.2, -0.15) is 0 Å². The smallest absolute Gasteiger partial charge is 0.225 e. The fourth-order valence-corrected chi connectivity index (χ4v) is 4.44. The Balaban J connectivity index is 1.65. The van der Waals surface area contributed by atoms with Crippen LogP contribution in [0.15, 0.2) is 0 Å². The molecule has 1 unspecified atom stereocenters. The molecule has 3 nitrogen and oxygen atoms in total. The van der Waals surface area contributed by atoms with Crippen LogP contribution in [0.5, 0.6) is 0 Å². The number of hydrogen-bond donors (Lipinski definition) is 0. The van der Waals surface area contributed by atoms with E-state index < -0.39 is 0 Å². The van der Waals surface area contributed by atoms with Gasteiger partial charge in [0.05, 0.1) is 0 Å². The van der Waals surface area contributed by atoms with Gasteiger partial charge in [-0.05, 0) is 38.5 Å². The molecule has 3 aliphatic rings. The third-order valence-corrected chi connectivity index (χ3v) is 5.62. The molecule has 0 aromatic heterocycles.